The van der Waals surface area contributed by atoms with E-state index in [1.54, 1.807) is 19.2 Å². The third kappa shape index (κ3) is 2.33. The predicted octanol–water partition coefficient (Wildman–Crippen LogP) is 1.47. The number of amidine groups is 1. The van der Waals surface area contributed by atoms with Crippen molar-refractivity contribution >= 4 is 17.4 Å². The number of nitrogens with zero attached hydrogens (tertiary/aromatic N) is 1. The minimum absolute atomic E-state index is 0.0313. The quantitative estimate of drug-likeness (QED) is 0.331. The average Bonchev–Trinajstić information content (AvgIpc) is 3.21. The fourth-order valence-electron chi connectivity index (χ4n) is 1.97. The molecular formula is C13H17N3O3. The third-order valence-corrected chi connectivity index (χ3v) is 3.46. The van der Waals surface area contributed by atoms with Gasteiger partial charge in [0, 0.05) is 5.69 Å². The van der Waals surface area contributed by atoms with Crippen molar-refractivity contribution in [2.75, 3.05) is 12.4 Å². The molecule has 0 unspecified atom stereocenters. The molecule has 0 radical (unpaired) electrons. The summed E-state index contributed by atoms with van der Waals surface area (Å²) in [7, 11) is 1.59. The van der Waals surface area contributed by atoms with Crippen LogP contribution in [0.1, 0.15) is 18.4 Å². The first-order valence-electron chi connectivity index (χ1n) is 5.97. The summed E-state index contributed by atoms with van der Waals surface area (Å²) in [5.41, 5.74) is 6.31. The maximum Gasteiger partial charge on any atom is 0.238 e. The summed E-state index contributed by atoms with van der Waals surface area (Å²) in [4.78, 5) is 12.2. The van der Waals surface area contributed by atoms with E-state index in [2.05, 4.69) is 10.5 Å². The van der Waals surface area contributed by atoms with Crippen molar-refractivity contribution in [3.63, 3.8) is 0 Å². The number of carbonyl (C=O) groups excluding carboxylic acids is 1. The number of hydrogen-bond acceptors (Lipinski definition) is 4. The van der Waals surface area contributed by atoms with Crippen molar-refractivity contribution in [3.05, 3.63) is 23.8 Å². The zero-order chi connectivity index (χ0) is 14.0. The molecule has 0 atom stereocenters. The van der Waals surface area contributed by atoms with Gasteiger partial charge < -0.3 is 21.0 Å². The van der Waals surface area contributed by atoms with Crippen LogP contribution in [-0.2, 0) is 4.79 Å². The Kier molecular flexibility index (Phi) is 3.33. The van der Waals surface area contributed by atoms with E-state index in [4.69, 9.17) is 15.7 Å². The van der Waals surface area contributed by atoms with E-state index in [0.29, 0.717) is 18.5 Å². The highest BCUT2D eigenvalue weighted by molar-refractivity contribution is 6.14. The van der Waals surface area contributed by atoms with Gasteiger partial charge >= 0.3 is 0 Å². The fraction of sp³-hybridized carbons (Fsp3) is 0.385. The minimum atomic E-state index is -0.846. The molecule has 0 saturated heterocycles. The van der Waals surface area contributed by atoms with Crippen LogP contribution in [0.4, 0.5) is 5.69 Å². The number of rotatable bonds is 4. The van der Waals surface area contributed by atoms with E-state index in [1.165, 1.54) is 0 Å². The van der Waals surface area contributed by atoms with Crippen LogP contribution >= 0.6 is 0 Å². The zero-order valence-corrected chi connectivity index (χ0v) is 10.9. The Bertz CT molecular complexity index is 536. The summed E-state index contributed by atoms with van der Waals surface area (Å²) < 4.78 is 5.11. The molecule has 0 bridgehead atoms. The summed E-state index contributed by atoms with van der Waals surface area (Å²) in [5.74, 6) is 0.459. The lowest BCUT2D eigenvalue weighted by Crippen LogP contribution is -2.36. The van der Waals surface area contributed by atoms with E-state index >= 15 is 0 Å². The smallest absolute Gasteiger partial charge is 0.238 e. The van der Waals surface area contributed by atoms with Gasteiger partial charge in [0.25, 0.3) is 0 Å². The maximum atomic E-state index is 12.2. The van der Waals surface area contributed by atoms with Gasteiger partial charge in [0.1, 0.15) is 11.2 Å². The molecular weight excluding hydrogens is 246 g/mol. The van der Waals surface area contributed by atoms with Gasteiger partial charge in [0.05, 0.1) is 7.11 Å². The molecule has 2 rings (SSSR count). The van der Waals surface area contributed by atoms with Crippen molar-refractivity contribution in [3.8, 4) is 5.75 Å². The summed E-state index contributed by atoms with van der Waals surface area (Å²) in [6, 6.07) is 5.37. The summed E-state index contributed by atoms with van der Waals surface area (Å²) in [5, 5.41) is 14.5. The van der Waals surface area contributed by atoms with Crippen molar-refractivity contribution in [2.45, 2.75) is 19.8 Å². The summed E-state index contributed by atoms with van der Waals surface area (Å²) in [6.07, 6.45) is 1.20. The van der Waals surface area contributed by atoms with E-state index in [-0.39, 0.29) is 11.7 Å². The van der Waals surface area contributed by atoms with E-state index in [9.17, 15) is 4.79 Å². The van der Waals surface area contributed by atoms with Crippen LogP contribution in [0.2, 0.25) is 0 Å². The van der Waals surface area contributed by atoms with Gasteiger partial charge in [-0.15, -0.1) is 0 Å². The number of amides is 1. The Balaban J connectivity index is 2.16. The lowest BCUT2D eigenvalue weighted by molar-refractivity contribution is -0.119. The highest BCUT2D eigenvalue weighted by Gasteiger charge is 2.54. The highest BCUT2D eigenvalue weighted by Crippen LogP contribution is 2.46. The minimum Gasteiger partial charge on any atom is -0.497 e. The Morgan fingerprint density at radius 1 is 1.53 bits per heavy atom. The standard InChI is InChI=1S/C13H17N3O3/c1-8-7-9(19-2)3-4-10(8)15-12(17)13(5-6-13)11(14)16-18/h3-4,7,18H,5-6H2,1-2H3,(H2,14,16)(H,15,17). The summed E-state index contributed by atoms with van der Waals surface area (Å²) >= 11 is 0. The van der Waals surface area contributed by atoms with Gasteiger partial charge in [-0.05, 0) is 43.5 Å². The number of methoxy groups -OCH3 is 1. The number of aryl methyl sites for hydroxylation is 1. The second-order valence-electron chi connectivity index (χ2n) is 4.70. The van der Waals surface area contributed by atoms with Crippen LogP contribution in [0.5, 0.6) is 5.75 Å². The molecule has 1 aromatic rings. The Labute approximate surface area is 111 Å². The first-order chi connectivity index (χ1) is 9.03. The Morgan fingerprint density at radius 2 is 2.21 bits per heavy atom. The number of oxime groups is 1. The lowest BCUT2D eigenvalue weighted by Gasteiger charge is -2.15. The number of anilines is 1. The van der Waals surface area contributed by atoms with Crippen LogP contribution < -0.4 is 15.8 Å². The molecule has 1 aliphatic rings. The van der Waals surface area contributed by atoms with Gasteiger partial charge in [0.15, 0.2) is 5.84 Å². The molecule has 19 heavy (non-hydrogen) atoms. The molecule has 102 valence electrons. The van der Waals surface area contributed by atoms with Gasteiger partial charge in [-0.3, -0.25) is 4.79 Å². The third-order valence-electron chi connectivity index (χ3n) is 3.46. The van der Waals surface area contributed by atoms with Crippen LogP contribution in [0.15, 0.2) is 23.4 Å². The second kappa shape index (κ2) is 4.79. The molecule has 1 aliphatic carbocycles. The van der Waals surface area contributed by atoms with E-state index < -0.39 is 5.41 Å². The van der Waals surface area contributed by atoms with E-state index in [1.807, 2.05) is 13.0 Å². The molecule has 0 aromatic heterocycles. The molecule has 4 N–H and O–H groups in total. The Hall–Kier alpha value is -2.24. The lowest BCUT2D eigenvalue weighted by atomic mass is 10.0. The largest absolute Gasteiger partial charge is 0.497 e. The fourth-order valence-corrected chi connectivity index (χ4v) is 1.97. The number of ether oxygens (including phenoxy) is 1. The van der Waals surface area contributed by atoms with E-state index in [0.717, 1.165) is 11.3 Å². The normalized spacial score (nSPS) is 16.8. The molecule has 0 aliphatic heterocycles. The van der Waals surface area contributed by atoms with Crippen molar-refractivity contribution in [1.82, 2.24) is 0 Å². The molecule has 6 heteroatoms. The predicted molar refractivity (Wildman–Crippen MR) is 71.4 cm³/mol. The first kappa shape index (κ1) is 13.2. The SMILES string of the molecule is COc1ccc(NC(=O)C2(/C(N)=N/O)CC2)c(C)c1. The first-order valence-corrected chi connectivity index (χ1v) is 5.97. The number of carbonyl (C=O) groups is 1. The van der Waals surface area contributed by atoms with Crippen molar-refractivity contribution in [1.29, 1.82) is 0 Å². The van der Waals surface area contributed by atoms with Crippen LogP contribution in [0.25, 0.3) is 0 Å². The van der Waals surface area contributed by atoms with Gasteiger partial charge in [0.2, 0.25) is 5.91 Å². The molecule has 1 saturated carbocycles. The molecule has 1 fully saturated rings. The number of nitrogens with two attached hydrogens (primary N) is 1. The zero-order valence-electron chi connectivity index (χ0n) is 10.9. The average molecular weight is 263 g/mol. The molecule has 6 nitrogen and oxygen atoms in total. The van der Waals surface area contributed by atoms with Gasteiger partial charge in [-0.25, -0.2) is 0 Å². The number of nitrogens with one attached hydrogen (secondary N) is 1. The topological polar surface area (TPSA) is 96.9 Å². The molecule has 1 amide bonds. The van der Waals surface area contributed by atoms with Crippen LogP contribution in [0.3, 0.4) is 0 Å². The monoisotopic (exact) mass is 263 g/mol. The second-order valence-corrected chi connectivity index (χ2v) is 4.70. The highest BCUT2D eigenvalue weighted by atomic mass is 16.5. The van der Waals surface area contributed by atoms with Crippen molar-refractivity contribution < 1.29 is 14.7 Å². The van der Waals surface area contributed by atoms with Crippen LogP contribution in [0, 0.1) is 12.3 Å². The van der Waals surface area contributed by atoms with Crippen molar-refractivity contribution in [2.24, 2.45) is 16.3 Å². The van der Waals surface area contributed by atoms with Crippen LogP contribution in [-0.4, -0.2) is 24.1 Å². The molecule has 1 aromatic carbocycles. The number of benzene rings is 1. The number of hydrogen-bond donors (Lipinski definition) is 3. The Morgan fingerprint density at radius 3 is 2.68 bits per heavy atom. The summed E-state index contributed by atoms with van der Waals surface area (Å²) in [6.45, 7) is 1.88. The van der Waals surface area contributed by atoms with Gasteiger partial charge in [-0.2, -0.15) is 0 Å². The molecule has 0 spiro atoms. The molecule has 0 heterocycles. The van der Waals surface area contributed by atoms with Gasteiger partial charge in [-0.1, -0.05) is 5.16 Å². The maximum absolute atomic E-state index is 12.2.